The van der Waals surface area contributed by atoms with Crippen LogP contribution in [0.2, 0.25) is 0 Å². The second-order valence-corrected chi connectivity index (χ2v) is 6.45. The third-order valence-electron chi connectivity index (χ3n) is 2.68. The van der Waals surface area contributed by atoms with Crippen molar-refractivity contribution in [3.8, 4) is 5.75 Å². The van der Waals surface area contributed by atoms with E-state index in [2.05, 4.69) is 5.32 Å². The highest BCUT2D eigenvalue weighted by molar-refractivity contribution is 6.17. The maximum absolute atomic E-state index is 13.1. The molecule has 1 N–H and O–H groups in total. The van der Waals surface area contributed by atoms with Gasteiger partial charge in [0, 0.05) is 18.0 Å². The minimum atomic E-state index is -0.521. The van der Waals surface area contributed by atoms with Crippen molar-refractivity contribution in [2.45, 2.75) is 39.2 Å². The van der Waals surface area contributed by atoms with Gasteiger partial charge in [0.05, 0.1) is 12.5 Å². The lowest BCUT2D eigenvalue weighted by Gasteiger charge is -2.21. The molecule has 4 nitrogen and oxygen atoms in total. The molecule has 0 unspecified atom stereocenters. The minimum Gasteiger partial charge on any atom is -0.493 e. The molecule has 1 atom stereocenters. The Morgan fingerprint density at radius 3 is 2.68 bits per heavy atom. The van der Waals surface area contributed by atoms with E-state index in [1.165, 1.54) is 12.1 Å². The number of rotatable bonds is 6. The van der Waals surface area contributed by atoms with Crippen LogP contribution in [0, 0.1) is 11.7 Å². The number of hydrogen-bond donors (Lipinski definition) is 1. The number of nitrogens with one attached hydrogen (secondary N) is 1. The number of alkyl carbamates (subject to hydrolysis) is 1. The van der Waals surface area contributed by atoms with Crippen LogP contribution in [0.3, 0.4) is 0 Å². The lowest BCUT2D eigenvalue weighted by molar-refractivity contribution is 0.0516. The van der Waals surface area contributed by atoms with Crippen LogP contribution in [-0.2, 0) is 10.6 Å². The molecule has 0 aliphatic rings. The molecule has 0 heterocycles. The first-order chi connectivity index (χ1) is 10.2. The van der Waals surface area contributed by atoms with Crippen LogP contribution in [0.4, 0.5) is 9.18 Å². The van der Waals surface area contributed by atoms with Gasteiger partial charge in [0.15, 0.2) is 0 Å². The molecule has 0 spiro atoms. The quantitative estimate of drug-likeness (QED) is 0.798. The largest absolute Gasteiger partial charge is 0.493 e. The van der Waals surface area contributed by atoms with E-state index in [1.54, 1.807) is 26.8 Å². The van der Waals surface area contributed by atoms with E-state index in [0.29, 0.717) is 24.5 Å². The highest BCUT2D eigenvalue weighted by Crippen LogP contribution is 2.22. The zero-order valence-corrected chi connectivity index (χ0v) is 14.2. The average molecular weight is 332 g/mol. The van der Waals surface area contributed by atoms with E-state index < -0.39 is 11.7 Å². The summed E-state index contributed by atoms with van der Waals surface area (Å²) >= 11 is 5.76. The number of alkyl halides is 1. The van der Waals surface area contributed by atoms with E-state index in [0.717, 1.165) is 0 Å². The molecule has 0 radical (unpaired) electrons. The summed E-state index contributed by atoms with van der Waals surface area (Å²) in [5, 5.41) is 2.69. The number of benzene rings is 1. The van der Waals surface area contributed by atoms with Crippen LogP contribution >= 0.6 is 11.6 Å². The molecular formula is C16H23ClFNO3. The van der Waals surface area contributed by atoms with Gasteiger partial charge < -0.3 is 14.8 Å². The topological polar surface area (TPSA) is 47.6 Å². The lowest BCUT2D eigenvalue weighted by Crippen LogP contribution is -2.35. The van der Waals surface area contributed by atoms with E-state index in [-0.39, 0.29) is 17.6 Å². The molecule has 124 valence electrons. The van der Waals surface area contributed by atoms with Gasteiger partial charge >= 0.3 is 6.09 Å². The molecule has 6 heteroatoms. The molecule has 22 heavy (non-hydrogen) atoms. The van der Waals surface area contributed by atoms with Crippen LogP contribution < -0.4 is 10.1 Å². The van der Waals surface area contributed by atoms with Crippen LogP contribution in [0.25, 0.3) is 0 Å². The summed E-state index contributed by atoms with van der Waals surface area (Å²) in [4.78, 5) is 11.5. The molecule has 0 aliphatic carbocycles. The van der Waals surface area contributed by atoms with Crippen molar-refractivity contribution in [3.05, 3.63) is 29.6 Å². The maximum Gasteiger partial charge on any atom is 0.407 e. The Hall–Kier alpha value is -1.49. The van der Waals surface area contributed by atoms with Crippen LogP contribution in [0.5, 0.6) is 5.75 Å². The standard InChI is InChI=1S/C16H23ClFNO3/c1-11(9-19-15(20)22-16(2,3)4)10-21-14-6-5-13(18)7-12(14)8-17/h5-7,11H,8-10H2,1-4H3,(H,19,20)/t11-/m0/s1. The average Bonchev–Trinajstić information content (AvgIpc) is 2.41. The fraction of sp³-hybridized carbons (Fsp3) is 0.562. The zero-order chi connectivity index (χ0) is 16.8. The number of carbonyl (C=O) groups is 1. The normalized spacial score (nSPS) is 12.6. The molecule has 0 aromatic heterocycles. The zero-order valence-electron chi connectivity index (χ0n) is 13.4. The number of hydrogen-bond acceptors (Lipinski definition) is 3. The lowest BCUT2D eigenvalue weighted by atomic mass is 10.2. The Morgan fingerprint density at radius 1 is 1.41 bits per heavy atom. The summed E-state index contributed by atoms with van der Waals surface area (Å²) in [7, 11) is 0. The van der Waals surface area contributed by atoms with Crippen molar-refractivity contribution in [3.63, 3.8) is 0 Å². The first-order valence-corrected chi connectivity index (χ1v) is 7.68. The van der Waals surface area contributed by atoms with Crippen LogP contribution in [0.1, 0.15) is 33.3 Å². The fourth-order valence-corrected chi connectivity index (χ4v) is 1.86. The second-order valence-electron chi connectivity index (χ2n) is 6.18. The summed E-state index contributed by atoms with van der Waals surface area (Å²) in [5.41, 5.74) is 0.0849. The van der Waals surface area contributed by atoms with Gasteiger partial charge in [-0.2, -0.15) is 0 Å². The van der Waals surface area contributed by atoms with Gasteiger partial charge in [-0.05, 0) is 39.0 Å². The first kappa shape index (κ1) is 18.6. The highest BCUT2D eigenvalue weighted by atomic mass is 35.5. The number of amides is 1. The number of carbonyl (C=O) groups excluding carboxylic acids is 1. The van der Waals surface area contributed by atoms with Gasteiger partial charge in [-0.25, -0.2) is 9.18 Å². The molecule has 1 rings (SSSR count). The summed E-state index contributed by atoms with van der Waals surface area (Å²) in [6.07, 6.45) is -0.456. The van der Waals surface area contributed by atoms with Gasteiger partial charge in [-0.1, -0.05) is 6.92 Å². The van der Waals surface area contributed by atoms with Crippen molar-refractivity contribution < 1.29 is 18.7 Å². The monoisotopic (exact) mass is 331 g/mol. The van der Waals surface area contributed by atoms with Crippen molar-refractivity contribution in [2.75, 3.05) is 13.2 Å². The minimum absolute atomic E-state index is 0.0701. The third kappa shape index (κ3) is 6.98. The van der Waals surface area contributed by atoms with Gasteiger partial charge in [0.25, 0.3) is 0 Å². The molecule has 0 saturated carbocycles. The maximum atomic E-state index is 13.1. The molecule has 0 saturated heterocycles. The Bertz CT molecular complexity index is 503. The predicted molar refractivity (Wildman–Crippen MR) is 84.9 cm³/mol. The Balaban J connectivity index is 2.40. The second kappa shape index (κ2) is 8.22. The number of ether oxygens (including phenoxy) is 2. The molecule has 0 aliphatic heterocycles. The van der Waals surface area contributed by atoms with E-state index >= 15 is 0 Å². The molecule has 1 amide bonds. The summed E-state index contributed by atoms with van der Waals surface area (Å²) in [6, 6.07) is 4.24. The molecule has 0 fully saturated rings. The van der Waals surface area contributed by atoms with Gasteiger partial charge in [0.2, 0.25) is 0 Å². The molecule has 1 aromatic carbocycles. The van der Waals surface area contributed by atoms with Crippen molar-refractivity contribution in [1.29, 1.82) is 0 Å². The Morgan fingerprint density at radius 2 is 2.09 bits per heavy atom. The van der Waals surface area contributed by atoms with E-state index in [4.69, 9.17) is 21.1 Å². The molecule has 1 aromatic rings. The summed E-state index contributed by atoms with van der Waals surface area (Å²) in [6.45, 7) is 8.16. The highest BCUT2D eigenvalue weighted by Gasteiger charge is 2.16. The molecule has 0 bridgehead atoms. The van der Waals surface area contributed by atoms with Gasteiger partial charge in [-0.15, -0.1) is 11.6 Å². The third-order valence-corrected chi connectivity index (χ3v) is 2.97. The summed E-state index contributed by atoms with van der Waals surface area (Å²) in [5.74, 6) is 0.460. The van der Waals surface area contributed by atoms with Crippen molar-refractivity contribution in [1.82, 2.24) is 5.32 Å². The van der Waals surface area contributed by atoms with Crippen LogP contribution in [-0.4, -0.2) is 24.8 Å². The first-order valence-electron chi connectivity index (χ1n) is 7.15. The van der Waals surface area contributed by atoms with Crippen LogP contribution in [0.15, 0.2) is 18.2 Å². The van der Waals surface area contributed by atoms with Crippen molar-refractivity contribution >= 4 is 17.7 Å². The SMILES string of the molecule is C[C@@H](CNC(=O)OC(C)(C)C)COc1ccc(F)cc1CCl. The molecular weight excluding hydrogens is 309 g/mol. The van der Waals surface area contributed by atoms with Gasteiger partial charge in [-0.3, -0.25) is 0 Å². The summed E-state index contributed by atoms with van der Waals surface area (Å²) < 4.78 is 23.9. The fourth-order valence-electron chi connectivity index (χ4n) is 1.66. The smallest absolute Gasteiger partial charge is 0.407 e. The van der Waals surface area contributed by atoms with Gasteiger partial charge in [0.1, 0.15) is 17.2 Å². The van der Waals surface area contributed by atoms with E-state index in [1.807, 2.05) is 6.92 Å². The van der Waals surface area contributed by atoms with Crippen molar-refractivity contribution in [2.24, 2.45) is 5.92 Å². The Labute approximate surface area is 135 Å². The van der Waals surface area contributed by atoms with E-state index in [9.17, 15) is 9.18 Å². The number of halogens is 2. The predicted octanol–water partition coefficient (Wildman–Crippen LogP) is 4.10. The Kier molecular flexibility index (Phi) is 6.94.